The maximum Gasteiger partial charge on any atom is 0.316 e. The van der Waals surface area contributed by atoms with Crippen LogP contribution in [-0.4, -0.2) is 22.0 Å². The number of nitro groups is 1. The molecule has 2 rings (SSSR count). The van der Waals surface area contributed by atoms with Gasteiger partial charge in [-0.05, 0) is 25.1 Å². The molecule has 8 heteroatoms. The second-order valence-electron chi connectivity index (χ2n) is 4.15. The van der Waals surface area contributed by atoms with Crippen LogP contribution in [0.25, 0.3) is 11.3 Å². The van der Waals surface area contributed by atoms with Gasteiger partial charge in [0.05, 0.1) is 29.2 Å². The van der Waals surface area contributed by atoms with Crippen molar-refractivity contribution < 1.29 is 9.66 Å². The fraction of sp³-hybridized carbons (Fsp3) is 0.154. The van der Waals surface area contributed by atoms with Crippen LogP contribution in [0.1, 0.15) is 11.3 Å². The van der Waals surface area contributed by atoms with Gasteiger partial charge in [-0.25, -0.2) is 9.97 Å². The molecule has 0 saturated heterocycles. The molecule has 0 aliphatic carbocycles. The van der Waals surface area contributed by atoms with Crippen molar-refractivity contribution in [3.8, 4) is 23.1 Å². The molecule has 0 saturated carbocycles. The van der Waals surface area contributed by atoms with Crippen LogP contribution in [0.3, 0.4) is 0 Å². The summed E-state index contributed by atoms with van der Waals surface area (Å²) >= 11 is 0. The zero-order chi connectivity index (χ0) is 15.6. The lowest BCUT2D eigenvalue weighted by molar-refractivity contribution is -0.385. The summed E-state index contributed by atoms with van der Waals surface area (Å²) in [6.07, 6.45) is 0. The number of hydrogen-bond acceptors (Lipinski definition) is 7. The number of aryl methyl sites for hydroxylation is 1. The van der Waals surface area contributed by atoms with Gasteiger partial charge < -0.3 is 10.5 Å². The molecule has 2 aromatic rings. The second-order valence-corrected chi connectivity index (χ2v) is 4.15. The quantitative estimate of drug-likeness (QED) is 0.672. The molecule has 8 nitrogen and oxygen atoms in total. The van der Waals surface area contributed by atoms with Crippen LogP contribution in [0.4, 0.5) is 11.6 Å². The molecule has 1 aromatic heterocycles. The number of nitrogens with zero attached hydrogens (tertiary/aromatic N) is 4. The molecule has 1 aromatic carbocycles. The number of ether oxygens (including phenoxy) is 1. The molecule has 0 fully saturated rings. The topological polar surface area (TPSA) is 128 Å². The molecule has 0 spiro atoms. The van der Waals surface area contributed by atoms with E-state index in [1.807, 2.05) is 6.07 Å². The maximum absolute atomic E-state index is 11.3. The van der Waals surface area contributed by atoms with Gasteiger partial charge in [0.2, 0.25) is 5.95 Å². The monoisotopic (exact) mass is 285 g/mol. The smallest absolute Gasteiger partial charge is 0.316 e. The van der Waals surface area contributed by atoms with E-state index < -0.39 is 4.92 Å². The highest BCUT2D eigenvalue weighted by atomic mass is 16.6. The van der Waals surface area contributed by atoms with Crippen molar-refractivity contribution in [1.29, 1.82) is 5.26 Å². The van der Waals surface area contributed by atoms with E-state index in [1.165, 1.54) is 20.1 Å². The molecular formula is C13H11N5O3. The van der Waals surface area contributed by atoms with Crippen molar-refractivity contribution in [2.24, 2.45) is 0 Å². The fourth-order valence-electron chi connectivity index (χ4n) is 1.96. The number of aromatic nitrogens is 2. The Morgan fingerprint density at radius 3 is 2.71 bits per heavy atom. The summed E-state index contributed by atoms with van der Waals surface area (Å²) in [4.78, 5) is 18.4. The van der Waals surface area contributed by atoms with Crippen LogP contribution in [0.5, 0.6) is 5.75 Å². The maximum atomic E-state index is 11.3. The minimum Gasteiger partial charge on any atom is -0.496 e. The lowest BCUT2D eigenvalue weighted by Gasteiger charge is -2.10. The van der Waals surface area contributed by atoms with Crippen LogP contribution in [0.15, 0.2) is 18.2 Å². The Labute approximate surface area is 120 Å². The third-order valence-electron chi connectivity index (χ3n) is 2.84. The first-order valence-electron chi connectivity index (χ1n) is 5.85. The summed E-state index contributed by atoms with van der Waals surface area (Å²) in [5, 5.41) is 20.2. The lowest BCUT2D eigenvalue weighted by Crippen LogP contribution is -2.05. The highest BCUT2D eigenvalue weighted by molar-refractivity contribution is 5.77. The Morgan fingerprint density at radius 2 is 2.14 bits per heavy atom. The number of nitriles is 1. The Morgan fingerprint density at radius 1 is 1.43 bits per heavy atom. The number of nitrogens with two attached hydrogens (primary N) is 1. The summed E-state index contributed by atoms with van der Waals surface area (Å²) in [7, 11) is 1.42. The SMILES string of the molecule is COc1ccc(C#N)cc1-c1nc(N)nc(C)c1[N+](=O)[O-]. The van der Waals surface area contributed by atoms with E-state index in [0.717, 1.165) is 0 Å². The van der Waals surface area contributed by atoms with Gasteiger partial charge in [0.1, 0.15) is 11.4 Å². The molecule has 0 radical (unpaired) electrons. The molecule has 0 unspecified atom stereocenters. The van der Waals surface area contributed by atoms with E-state index in [0.29, 0.717) is 16.9 Å². The van der Waals surface area contributed by atoms with Crippen molar-refractivity contribution in [2.45, 2.75) is 6.92 Å². The minimum absolute atomic E-state index is 0.0268. The largest absolute Gasteiger partial charge is 0.496 e. The molecule has 2 N–H and O–H groups in total. The van der Waals surface area contributed by atoms with E-state index in [9.17, 15) is 10.1 Å². The minimum atomic E-state index is -0.581. The first-order chi connectivity index (χ1) is 9.97. The Hall–Kier alpha value is -3.21. The van der Waals surface area contributed by atoms with Crippen molar-refractivity contribution in [2.75, 3.05) is 12.8 Å². The van der Waals surface area contributed by atoms with Crippen molar-refractivity contribution >= 4 is 11.6 Å². The van der Waals surface area contributed by atoms with Crippen LogP contribution in [0.2, 0.25) is 0 Å². The van der Waals surface area contributed by atoms with Gasteiger partial charge in [-0.2, -0.15) is 5.26 Å². The second kappa shape index (κ2) is 5.42. The molecule has 21 heavy (non-hydrogen) atoms. The molecular weight excluding hydrogens is 274 g/mol. The van der Waals surface area contributed by atoms with Gasteiger partial charge in [-0.15, -0.1) is 0 Å². The van der Waals surface area contributed by atoms with E-state index in [2.05, 4.69) is 9.97 Å². The first-order valence-corrected chi connectivity index (χ1v) is 5.85. The van der Waals surface area contributed by atoms with Crippen LogP contribution in [0, 0.1) is 28.4 Å². The van der Waals surface area contributed by atoms with Crippen molar-refractivity contribution in [3.05, 3.63) is 39.6 Å². The predicted octanol–water partition coefficient (Wildman–Crippen LogP) is 1.82. The van der Waals surface area contributed by atoms with Gasteiger partial charge in [0, 0.05) is 0 Å². The number of rotatable bonds is 3. The predicted molar refractivity (Wildman–Crippen MR) is 74.5 cm³/mol. The van der Waals surface area contributed by atoms with Crippen LogP contribution >= 0.6 is 0 Å². The molecule has 106 valence electrons. The van der Waals surface area contributed by atoms with Gasteiger partial charge in [-0.1, -0.05) is 0 Å². The van der Waals surface area contributed by atoms with E-state index in [4.69, 9.17) is 15.7 Å². The van der Waals surface area contributed by atoms with E-state index in [1.54, 1.807) is 12.1 Å². The highest BCUT2D eigenvalue weighted by Gasteiger charge is 2.25. The van der Waals surface area contributed by atoms with E-state index >= 15 is 0 Å². The lowest BCUT2D eigenvalue weighted by atomic mass is 10.0. The molecule has 1 heterocycles. The first kappa shape index (κ1) is 14.2. The molecule has 0 bridgehead atoms. The van der Waals surface area contributed by atoms with Crippen molar-refractivity contribution in [1.82, 2.24) is 9.97 Å². The molecule has 0 amide bonds. The summed E-state index contributed by atoms with van der Waals surface area (Å²) < 4.78 is 5.18. The average Bonchev–Trinajstić information content (AvgIpc) is 2.45. The average molecular weight is 285 g/mol. The Balaban J connectivity index is 2.83. The van der Waals surface area contributed by atoms with Crippen molar-refractivity contribution in [3.63, 3.8) is 0 Å². The van der Waals surface area contributed by atoms with Gasteiger partial charge in [0.25, 0.3) is 0 Å². The third-order valence-corrected chi connectivity index (χ3v) is 2.84. The summed E-state index contributed by atoms with van der Waals surface area (Å²) in [6, 6.07) is 6.53. The Kier molecular flexibility index (Phi) is 3.67. The number of hydrogen-bond donors (Lipinski definition) is 1. The summed E-state index contributed by atoms with van der Waals surface area (Å²) in [6.45, 7) is 1.47. The molecule has 0 aliphatic heterocycles. The fourth-order valence-corrected chi connectivity index (χ4v) is 1.96. The molecule has 0 atom stereocenters. The van der Waals surface area contributed by atoms with Gasteiger partial charge in [-0.3, -0.25) is 10.1 Å². The standard InChI is InChI=1S/C13H11N5O3/c1-7-12(18(19)20)11(17-13(15)16-7)9-5-8(6-14)3-4-10(9)21-2/h3-5H,1-2H3,(H2,15,16,17). The highest BCUT2D eigenvalue weighted by Crippen LogP contribution is 2.36. The Bertz CT molecular complexity index is 767. The van der Waals surface area contributed by atoms with Crippen LogP contribution in [-0.2, 0) is 0 Å². The third kappa shape index (κ3) is 2.57. The van der Waals surface area contributed by atoms with Crippen LogP contribution < -0.4 is 10.5 Å². The summed E-state index contributed by atoms with van der Waals surface area (Å²) in [5.41, 5.74) is 6.13. The normalized spacial score (nSPS) is 9.95. The van der Waals surface area contributed by atoms with Gasteiger partial charge >= 0.3 is 5.69 Å². The van der Waals surface area contributed by atoms with Gasteiger partial charge in [0.15, 0.2) is 5.69 Å². The zero-order valence-corrected chi connectivity index (χ0v) is 11.3. The number of benzene rings is 1. The molecule has 0 aliphatic rings. The number of anilines is 1. The summed E-state index contributed by atoms with van der Waals surface area (Å²) in [5.74, 6) is 0.270. The number of nitrogen functional groups attached to an aromatic ring is 1. The van der Waals surface area contributed by atoms with E-state index in [-0.39, 0.29) is 23.0 Å². The zero-order valence-electron chi connectivity index (χ0n) is 11.3. The number of methoxy groups -OCH3 is 1.